The van der Waals surface area contributed by atoms with E-state index >= 15 is 0 Å². The Bertz CT molecular complexity index is 939. The number of hydrogen-bond acceptors (Lipinski definition) is 3. The molecule has 6 heteroatoms. The molecule has 3 aromatic rings. The fraction of sp³-hybridized carbons (Fsp3) is 0.227. The SMILES string of the molecule is CN=C(NCc1ccc(OC)cc1OC)NCc1cccc2ccccc12.I. The molecular weight excluding hydrogens is 465 g/mol. The summed E-state index contributed by atoms with van der Waals surface area (Å²) in [7, 11) is 5.07. The van der Waals surface area contributed by atoms with Crippen LogP contribution < -0.4 is 20.1 Å². The van der Waals surface area contributed by atoms with Crippen LogP contribution >= 0.6 is 24.0 Å². The van der Waals surface area contributed by atoms with Crippen molar-refractivity contribution in [2.45, 2.75) is 13.1 Å². The Morgan fingerprint density at radius 3 is 2.29 bits per heavy atom. The number of aliphatic imine (C=N–C) groups is 1. The van der Waals surface area contributed by atoms with E-state index in [4.69, 9.17) is 9.47 Å². The number of hydrogen-bond donors (Lipinski definition) is 2. The minimum atomic E-state index is 0. The van der Waals surface area contributed by atoms with E-state index in [-0.39, 0.29) is 24.0 Å². The van der Waals surface area contributed by atoms with Crippen molar-refractivity contribution in [3.8, 4) is 11.5 Å². The van der Waals surface area contributed by atoms with Crippen LogP contribution in [0.3, 0.4) is 0 Å². The molecular formula is C22H26IN3O2. The van der Waals surface area contributed by atoms with E-state index in [2.05, 4.69) is 58.1 Å². The second kappa shape index (κ2) is 10.8. The highest BCUT2D eigenvalue weighted by Crippen LogP contribution is 2.24. The lowest BCUT2D eigenvalue weighted by Gasteiger charge is -2.15. The molecule has 0 bridgehead atoms. The summed E-state index contributed by atoms with van der Waals surface area (Å²) in [5.41, 5.74) is 2.27. The van der Waals surface area contributed by atoms with Crippen molar-refractivity contribution in [2.24, 2.45) is 4.99 Å². The van der Waals surface area contributed by atoms with Gasteiger partial charge in [-0.15, -0.1) is 24.0 Å². The van der Waals surface area contributed by atoms with E-state index in [1.165, 1.54) is 16.3 Å². The Balaban J connectivity index is 0.00000280. The lowest BCUT2D eigenvalue weighted by Crippen LogP contribution is -2.36. The molecule has 0 saturated heterocycles. The van der Waals surface area contributed by atoms with Gasteiger partial charge in [0.25, 0.3) is 0 Å². The van der Waals surface area contributed by atoms with Gasteiger partial charge in [-0.3, -0.25) is 4.99 Å². The quantitative estimate of drug-likeness (QED) is 0.306. The Labute approximate surface area is 183 Å². The summed E-state index contributed by atoms with van der Waals surface area (Å²) in [5.74, 6) is 2.29. The maximum absolute atomic E-state index is 5.45. The molecule has 0 saturated carbocycles. The van der Waals surface area contributed by atoms with Gasteiger partial charge in [0, 0.05) is 31.8 Å². The largest absolute Gasteiger partial charge is 0.497 e. The third kappa shape index (κ3) is 5.28. The number of methoxy groups -OCH3 is 2. The molecule has 3 aromatic carbocycles. The van der Waals surface area contributed by atoms with Crippen molar-refractivity contribution in [1.29, 1.82) is 0 Å². The molecule has 5 nitrogen and oxygen atoms in total. The molecule has 0 aliphatic heterocycles. The fourth-order valence-electron chi connectivity index (χ4n) is 3.02. The van der Waals surface area contributed by atoms with Gasteiger partial charge < -0.3 is 20.1 Å². The summed E-state index contributed by atoms with van der Waals surface area (Å²) < 4.78 is 10.7. The van der Waals surface area contributed by atoms with Crippen LogP contribution in [0.1, 0.15) is 11.1 Å². The molecule has 0 heterocycles. The molecule has 0 unspecified atom stereocenters. The third-order valence-electron chi connectivity index (χ3n) is 4.49. The predicted molar refractivity (Wildman–Crippen MR) is 126 cm³/mol. The maximum Gasteiger partial charge on any atom is 0.191 e. The van der Waals surface area contributed by atoms with Gasteiger partial charge in [0.15, 0.2) is 5.96 Å². The van der Waals surface area contributed by atoms with Crippen molar-refractivity contribution in [3.05, 3.63) is 71.8 Å². The lowest BCUT2D eigenvalue weighted by molar-refractivity contribution is 0.390. The zero-order valence-corrected chi connectivity index (χ0v) is 18.7. The van der Waals surface area contributed by atoms with E-state index in [1.807, 2.05) is 18.2 Å². The number of benzene rings is 3. The van der Waals surface area contributed by atoms with Gasteiger partial charge in [0.05, 0.1) is 14.2 Å². The van der Waals surface area contributed by atoms with Crippen LogP contribution in [0.5, 0.6) is 11.5 Å². The van der Waals surface area contributed by atoms with Gasteiger partial charge in [0.1, 0.15) is 11.5 Å². The van der Waals surface area contributed by atoms with Gasteiger partial charge in [0.2, 0.25) is 0 Å². The van der Waals surface area contributed by atoms with Gasteiger partial charge in [-0.05, 0) is 28.5 Å². The van der Waals surface area contributed by atoms with Crippen molar-refractivity contribution in [3.63, 3.8) is 0 Å². The first kappa shape index (κ1) is 21.8. The van der Waals surface area contributed by atoms with Crippen LogP contribution in [0.25, 0.3) is 10.8 Å². The number of nitrogens with one attached hydrogen (secondary N) is 2. The van der Waals surface area contributed by atoms with E-state index in [9.17, 15) is 0 Å². The van der Waals surface area contributed by atoms with Gasteiger partial charge >= 0.3 is 0 Å². The monoisotopic (exact) mass is 491 g/mol. The molecule has 0 aromatic heterocycles. The Hall–Kier alpha value is -2.48. The average molecular weight is 491 g/mol. The number of nitrogens with zero attached hydrogens (tertiary/aromatic N) is 1. The Morgan fingerprint density at radius 2 is 1.57 bits per heavy atom. The molecule has 28 heavy (non-hydrogen) atoms. The summed E-state index contributed by atoms with van der Waals surface area (Å²) in [5, 5.41) is 9.20. The van der Waals surface area contributed by atoms with Crippen molar-refractivity contribution in [1.82, 2.24) is 10.6 Å². The highest BCUT2D eigenvalue weighted by molar-refractivity contribution is 14.0. The number of fused-ring (bicyclic) bond motifs is 1. The first-order chi connectivity index (χ1) is 13.2. The van der Waals surface area contributed by atoms with E-state index in [0.29, 0.717) is 13.1 Å². The summed E-state index contributed by atoms with van der Waals surface area (Å²) in [6.07, 6.45) is 0. The van der Waals surface area contributed by atoms with Crippen LogP contribution in [0, 0.1) is 0 Å². The smallest absolute Gasteiger partial charge is 0.191 e. The zero-order valence-electron chi connectivity index (χ0n) is 16.4. The number of rotatable bonds is 6. The number of halogens is 1. The topological polar surface area (TPSA) is 54.9 Å². The maximum atomic E-state index is 5.45. The second-order valence-corrected chi connectivity index (χ2v) is 6.10. The van der Waals surface area contributed by atoms with Crippen LogP contribution in [0.4, 0.5) is 0 Å². The second-order valence-electron chi connectivity index (χ2n) is 6.10. The summed E-state index contributed by atoms with van der Waals surface area (Å²) in [6, 6.07) is 20.5. The lowest BCUT2D eigenvalue weighted by atomic mass is 10.0. The fourth-order valence-corrected chi connectivity index (χ4v) is 3.02. The first-order valence-corrected chi connectivity index (χ1v) is 8.87. The highest BCUT2D eigenvalue weighted by Gasteiger charge is 2.07. The number of guanidine groups is 1. The molecule has 0 fully saturated rings. The summed E-state index contributed by atoms with van der Waals surface area (Å²) in [6.45, 7) is 1.29. The molecule has 0 spiro atoms. The molecule has 0 aliphatic rings. The van der Waals surface area contributed by atoms with Crippen LogP contribution in [-0.2, 0) is 13.1 Å². The summed E-state index contributed by atoms with van der Waals surface area (Å²) in [4.78, 5) is 4.32. The van der Waals surface area contributed by atoms with Crippen molar-refractivity contribution >= 4 is 40.7 Å². The Kier molecular flexibility index (Phi) is 8.38. The van der Waals surface area contributed by atoms with Crippen LogP contribution in [0.2, 0.25) is 0 Å². The van der Waals surface area contributed by atoms with Crippen molar-refractivity contribution in [2.75, 3.05) is 21.3 Å². The molecule has 0 amide bonds. The van der Waals surface area contributed by atoms with Gasteiger partial charge in [-0.25, -0.2) is 0 Å². The Morgan fingerprint density at radius 1 is 0.857 bits per heavy atom. The average Bonchev–Trinajstić information content (AvgIpc) is 2.73. The zero-order chi connectivity index (χ0) is 19.1. The molecule has 2 N–H and O–H groups in total. The number of ether oxygens (including phenoxy) is 2. The molecule has 0 aliphatic carbocycles. The van der Waals surface area contributed by atoms with Gasteiger partial charge in [-0.2, -0.15) is 0 Å². The van der Waals surface area contributed by atoms with E-state index in [0.717, 1.165) is 23.0 Å². The predicted octanol–water partition coefficient (Wildman–Crippen LogP) is 4.34. The standard InChI is InChI=1S/C22H25N3O2.HI/c1-23-22(25-15-18-11-12-19(26-2)13-21(18)27-3)24-14-17-9-6-8-16-7-4-5-10-20(16)17;/h4-13H,14-15H2,1-3H3,(H2,23,24,25);1H. The molecule has 148 valence electrons. The van der Waals surface area contributed by atoms with Crippen LogP contribution in [0.15, 0.2) is 65.7 Å². The highest BCUT2D eigenvalue weighted by atomic mass is 127. The van der Waals surface area contributed by atoms with Gasteiger partial charge in [-0.1, -0.05) is 42.5 Å². The van der Waals surface area contributed by atoms with E-state index < -0.39 is 0 Å². The molecule has 0 radical (unpaired) electrons. The minimum absolute atomic E-state index is 0. The normalized spacial score (nSPS) is 10.9. The molecule has 0 atom stereocenters. The van der Waals surface area contributed by atoms with Crippen molar-refractivity contribution < 1.29 is 9.47 Å². The third-order valence-corrected chi connectivity index (χ3v) is 4.49. The minimum Gasteiger partial charge on any atom is -0.497 e. The van der Waals surface area contributed by atoms with Crippen LogP contribution in [-0.4, -0.2) is 27.2 Å². The van der Waals surface area contributed by atoms with E-state index in [1.54, 1.807) is 21.3 Å². The first-order valence-electron chi connectivity index (χ1n) is 8.87. The summed E-state index contributed by atoms with van der Waals surface area (Å²) >= 11 is 0. The molecule has 3 rings (SSSR count).